The lowest BCUT2D eigenvalue weighted by atomic mass is 10.1. The van der Waals surface area contributed by atoms with Crippen molar-refractivity contribution in [1.82, 2.24) is 14.8 Å². The molecule has 2 N–H and O–H groups in total. The summed E-state index contributed by atoms with van der Waals surface area (Å²) in [6.45, 7) is 1.82. The molecule has 4 rings (SSSR count). The molecule has 0 radical (unpaired) electrons. The Kier molecular flexibility index (Phi) is 5.57. The molecule has 1 unspecified atom stereocenters. The number of carbonyl (C=O) groups is 1. The average molecular weight is 397 g/mol. The quantitative estimate of drug-likeness (QED) is 0.499. The molecular weight excluding hydrogens is 374 g/mol. The van der Waals surface area contributed by atoms with Gasteiger partial charge in [0, 0.05) is 30.7 Å². The van der Waals surface area contributed by atoms with Crippen molar-refractivity contribution in [3.8, 4) is 22.4 Å². The monoisotopic (exact) mass is 397 g/mol. The number of nitrogens with one attached hydrogen (secondary N) is 2. The Morgan fingerprint density at radius 1 is 0.900 bits per heavy atom. The number of pyridine rings is 1. The Morgan fingerprint density at radius 2 is 1.63 bits per heavy atom. The highest BCUT2D eigenvalue weighted by atomic mass is 16.2. The molecule has 4 aromatic rings. The molecule has 0 aliphatic rings. The SMILES string of the molecule is CC(Nc1ccc(-c2ccnn2C)cc1)C(=O)Nc1ccc(-c2ccccc2)cn1. The van der Waals surface area contributed by atoms with Gasteiger partial charge in [0.2, 0.25) is 5.91 Å². The lowest BCUT2D eigenvalue weighted by molar-refractivity contribution is -0.116. The summed E-state index contributed by atoms with van der Waals surface area (Å²) in [5.74, 6) is 0.380. The van der Waals surface area contributed by atoms with Gasteiger partial charge in [0.25, 0.3) is 0 Å². The Balaban J connectivity index is 1.36. The number of aromatic nitrogens is 3. The molecule has 0 spiro atoms. The number of hydrogen-bond donors (Lipinski definition) is 2. The second-order valence-corrected chi connectivity index (χ2v) is 7.07. The molecule has 30 heavy (non-hydrogen) atoms. The molecule has 2 aromatic carbocycles. The molecule has 0 aliphatic heterocycles. The van der Waals surface area contributed by atoms with Crippen molar-refractivity contribution >= 4 is 17.4 Å². The molecule has 0 bridgehead atoms. The van der Waals surface area contributed by atoms with E-state index in [9.17, 15) is 4.79 Å². The third-order valence-corrected chi connectivity index (χ3v) is 4.90. The van der Waals surface area contributed by atoms with Crippen molar-refractivity contribution in [3.63, 3.8) is 0 Å². The Morgan fingerprint density at radius 3 is 2.27 bits per heavy atom. The number of carbonyl (C=O) groups excluding carboxylic acids is 1. The summed E-state index contributed by atoms with van der Waals surface area (Å²) in [6, 6.07) is 23.3. The maximum Gasteiger partial charge on any atom is 0.247 e. The first-order valence-corrected chi connectivity index (χ1v) is 9.77. The minimum atomic E-state index is -0.414. The van der Waals surface area contributed by atoms with E-state index in [2.05, 4.69) is 20.7 Å². The van der Waals surface area contributed by atoms with Gasteiger partial charge in [-0.05, 0) is 48.4 Å². The number of amides is 1. The van der Waals surface area contributed by atoms with E-state index in [1.807, 2.05) is 91.4 Å². The molecule has 150 valence electrons. The summed E-state index contributed by atoms with van der Waals surface area (Å²) in [5, 5.41) is 10.3. The number of benzene rings is 2. The van der Waals surface area contributed by atoms with Crippen LogP contribution in [0.2, 0.25) is 0 Å². The van der Waals surface area contributed by atoms with E-state index in [4.69, 9.17) is 0 Å². The second kappa shape index (κ2) is 8.61. The summed E-state index contributed by atoms with van der Waals surface area (Å²) in [7, 11) is 1.91. The molecule has 0 aliphatic carbocycles. The molecular formula is C24H23N5O. The van der Waals surface area contributed by atoms with Gasteiger partial charge in [0.05, 0.1) is 5.69 Å². The van der Waals surface area contributed by atoms with Crippen LogP contribution in [0.4, 0.5) is 11.5 Å². The number of nitrogens with zero attached hydrogens (tertiary/aromatic N) is 3. The largest absolute Gasteiger partial charge is 0.374 e. The third-order valence-electron chi connectivity index (χ3n) is 4.90. The smallest absolute Gasteiger partial charge is 0.247 e. The fourth-order valence-electron chi connectivity index (χ4n) is 3.21. The first kappa shape index (κ1) is 19.4. The van der Waals surface area contributed by atoms with Crippen molar-refractivity contribution in [2.75, 3.05) is 10.6 Å². The Hall–Kier alpha value is -3.93. The molecule has 6 heteroatoms. The van der Waals surface area contributed by atoms with Crippen LogP contribution < -0.4 is 10.6 Å². The minimum absolute atomic E-state index is 0.148. The van der Waals surface area contributed by atoms with Gasteiger partial charge >= 0.3 is 0 Å². The van der Waals surface area contributed by atoms with Gasteiger partial charge < -0.3 is 10.6 Å². The molecule has 6 nitrogen and oxygen atoms in total. The first-order valence-electron chi connectivity index (χ1n) is 9.77. The van der Waals surface area contributed by atoms with Crippen LogP contribution in [0, 0.1) is 0 Å². The number of hydrogen-bond acceptors (Lipinski definition) is 4. The molecule has 2 heterocycles. The topological polar surface area (TPSA) is 71.8 Å². The fourth-order valence-corrected chi connectivity index (χ4v) is 3.21. The van der Waals surface area contributed by atoms with Crippen molar-refractivity contribution in [2.45, 2.75) is 13.0 Å². The molecule has 1 atom stereocenters. The summed E-state index contributed by atoms with van der Waals surface area (Å²) in [6.07, 6.45) is 3.54. The van der Waals surface area contributed by atoms with E-state index in [1.54, 1.807) is 12.4 Å². The Labute approximate surface area is 175 Å². The van der Waals surface area contributed by atoms with E-state index in [-0.39, 0.29) is 5.91 Å². The van der Waals surface area contributed by atoms with Crippen molar-refractivity contribution in [3.05, 3.63) is 85.2 Å². The molecule has 0 fully saturated rings. The van der Waals surface area contributed by atoms with Crippen LogP contribution in [0.3, 0.4) is 0 Å². The van der Waals surface area contributed by atoms with E-state index in [0.29, 0.717) is 5.82 Å². The average Bonchev–Trinajstić information content (AvgIpc) is 3.21. The van der Waals surface area contributed by atoms with Crippen LogP contribution in [-0.2, 0) is 11.8 Å². The van der Waals surface area contributed by atoms with Gasteiger partial charge in [-0.1, -0.05) is 42.5 Å². The Bertz CT molecular complexity index is 1120. The molecule has 1 amide bonds. The molecule has 0 saturated heterocycles. The van der Waals surface area contributed by atoms with Crippen LogP contribution in [-0.4, -0.2) is 26.7 Å². The van der Waals surface area contributed by atoms with Gasteiger partial charge in [-0.15, -0.1) is 0 Å². The number of anilines is 2. The number of aryl methyl sites for hydroxylation is 1. The van der Waals surface area contributed by atoms with E-state index in [1.165, 1.54) is 0 Å². The zero-order valence-electron chi connectivity index (χ0n) is 16.9. The normalized spacial score (nSPS) is 11.7. The zero-order valence-corrected chi connectivity index (χ0v) is 16.9. The van der Waals surface area contributed by atoms with Gasteiger partial charge in [-0.25, -0.2) is 4.98 Å². The third kappa shape index (κ3) is 4.38. The predicted molar refractivity (Wildman–Crippen MR) is 120 cm³/mol. The van der Waals surface area contributed by atoms with E-state index >= 15 is 0 Å². The van der Waals surface area contributed by atoms with Crippen LogP contribution in [0.25, 0.3) is 22.4 Å². The van der Waals surface area contributed by atoms with Gasteiger partial charge in [-0.3, -0.25) is 9.48 Å². The maximum atomic E-state index is 12.5. The first-order chi connectivity index (χ1) is 14.6. The van der Waals surface area contributed by atoms with Gasteiger partial charge in [-0.2, -0.15) is 5.10 Å². The highest BCUT2D eigenvalue weighted by molar-refractivity contribution is 5.95. The van der Waals surface area contributed by atoms with Gasteiger partial charge in [0.1, 0.15) is 11.9 Å². The van der Waals surface area contributed by atoms with Crippen LogP contribution in [0.15, 0.2) is 85.2 Å². The zero-order chi connectivity index (χ0) is 20.9. The number of rotatable bonds is 6. The lowest BCUT2D eigenvalue weighted by Crippen LogP contribution is -2.32. The maximum absolute atomic E-state index is 12.5. The van der Waals surface area contributed by atoms with Crippen LogP contribution >= 0.6 is 0 Å². The fraction of sp³-hybridized carbons (Fsp3) is 0.125. The highest BCUT2D eigenvalue weighted by Gasteiger charge is 2.14. The standard InChI is InChI=1S/C24H23N5O/c1-17(27-21-11-8-19(9-12-21)22-14-15-26-29(22)2)24(30)28-23-13-10-20(16-25-23)18-6-4-3-5-7-18/h3-17,27H,1-2H3,(H,25,28,30). The van der Waals surface area contributed by atoms with E-state index < -0.39 is 6.04 Å². The minimum Gasteiger partial charge on any atom is -0.374 e. The predicted octanol–water partition coefficient (Wildman–Crippen LogP) is 4.59. The van der Waals surface area contributed by atoms with Crippen LogP contribution in [0.5, 0.6) is 0 Å². The van der Waals surface area contributed by atoms with Crippen molar-refractivity contribution in [2.24, 2.45) is 7.05 Å². The summed E-state index contributed by atoms with van der Waals surface area (Å²) in [5.41, 5.74) is 5.08. The van der Waals surface area contributed by atoms with E-state index in [0.717, 1.165) is 28.1 Å². The molecule has 0 saturated carbocycles. The van der Waals surface area contributed by atoms with Crippen LogP contribution in [0.1, 0.15) is 6.92 Å². The lowest BCUT2D eigenvalue weighted by Gasteiger charge is -2.15. The highest BCUT2D eigenvalue weighted by Crippen LogP contribution is 2.21. The summed E-state index contributed by atoms with van der Waals surface area (Å²) >= 11 is 0. The van der Waals surface area contributed by atoms with Gasteiger partial charge in [0.15, 0.2) is 0 Å². The molecule has 2 aromatic heterocycles. The summed E-state index contributed by atoms with van der Waals surface area (Å²) < 4.78 is 1.83. The van der Waals surface area contributed by atoms with Crippen molar-refractivity contribution in [1.29, 1.82) is 0 Å². The van der Waals surface area contributed by atoms with Crippen molar-refractivity contribution < 1.29 is 4.79 Å². The second-order valence-electron chi connectivity index (χ2n) is 7.07. The summed E-state index contributed by atoms with van der Waals surface area (Å²) in [4.78, 5) is 16.9.